The van der Waals surface area contributed by atoms with E-state index in [9.17, 15) is 9.90 Å². The van der Waals surface area contributed by atoms with Crippen molar-refractivity contribution >= 4 is 17.5 Å². The molecule has 1 aromatic carbocycles. The van der Waals surface area contributed by atoms with E-state index < -0.39 is 11.6 Å². The third-order valence-corrected chi connectivity index (χ3v) is 5.02. The molecular formula is C18H24N4O4. The number of carboxylic acids is 1. The lowest BCUT2D eigenvalue weighted by Gasteiger charge is -2.38. The Labute approximate surface area is 151 Å². The summed E-state index contributed by atoms with van der Waals surface area (Å²) in [4.78, 5) is 18.1. The van der Waals surface area contributed by atoms with Gasteiger partial charge in [-0.15, -0.1) is 0 Å². The molecule has 0 aliphatic carbocycles. The number of carboxylic acid groups (broad SMARTS) is 1. The third-order valence-electron chi connectivity index (χ3n) is 5.02. The van der Waals surface area contributed by atoms with E-state index in [4.69, 9.17) is 21.1 Å². The van der Waals surface area contributed by atoms with Crippen LogP contribution in [0.15, 0.2) is 29.4 Å². The molecule has 1 unspecified atom stereocenters. The van der Waals surface area contributed by atoms with Crippen LogP contribution in [0.25, 0.3) is 0 Å². The van der Waals surface area contributed by atoms with Crippen molar-refractivity contribution in [2.24, 2.45) is 10.9 Å². The number of oxime groups is 1. The number of carbonyl (C=O) groups is 1. The fourth-order valence-electron chi connectivity index (χ4n) is 3.50. The van der Waals surface area contributed by atoms with Gasteiger partial charge in [0.1, 0.15) is 11.9 Å². The fraction of sp³-hybridized carbons (Fsp3) is 0.500. The van der Waals surface area contributed by atoms with E-state index in [1.54, 1.807) is 12.1 Å². The summed E-state index contributed by atoms with van der Waals surface area (Å²) in [6, 6.07) is 7.28. The van der Waals surface area contributed by atoms with Crippen LogP contribution >= 0.6 is 0 Å². The van der Waals surface area contributed by atoms with E-state index in [0.29, 0.717) is 44.3 Å². The Hall–Kier alpha value is -2.45. The Bertz CT molecular complexity index is 708. The minimum atomic E-state index is -0.844. The first-order valence-electron chi connectivity index (χ1n) is 8.69. The number of nitrogen functional groups attached to an aromatic ring is 1. The zero-order valence-corrected chi connectivity index (χ0v) is 14.5. The van der Waals surface area contributed by atoms with Crippen molar-refractivity contribution in [3.05, 3.63) is 35.4 Å². The van der Waals surface area contributed by atoms with Gasteiger partial charge in [0.2, 0.25) is 0 Å². The summed E-state index contributed by atoms with van der Waals surface area (Å²) < 4.78 is 0. The zero-order valence-electron chi connectivity index (χ0n) is 14.5. The summed E-state index contributed by atoms with van der Waals surface area (Å²) in [7, 11) is 0. The standard InChI is InChI=1S/C18H24N4O4/c19-17(20)13-3-1-12(2-4-13)15-9-14(26-21-15)10-18(25)5-7-22(8-6-18)11-16(23)24/h1-4,14,25H,5-11H2,(H3,19,20)(H,23,24). The second-order valence-corrected chi connectivity index (χ2v) is 7.06. The maximum absolute atomic E-state index is 10.8. The number of benzene rings is 1. The van der Waals surface area contributed by atoms with Gasteiger partial charge in [0.25, 0.3) is 0 Å². The Morgan fingerprint density at radius 1 is 1.35 bits per heavy atom. The number of likely N-dealkylation sites (tertiary alicyclic amines) is 1. The van der Waals surface area contributed by atoms with E-state index in [2.05, 4.69) is 5.16 Å². The van der Waals surface area contributed by atoms with Gasteiger partial charge in [-0.1, -0.05) is 29.4 Å². The Balaban J connectivity index is 1.52. The maximum atomic E-state index is 10.8. The Morgan fingerprint density at radius 2 is 2.00 bits per heavy atom. The van der Waals surface area contributed by atoms with E-state index in [1.807, 2.05) is 17.0 Å². The number of piperidine rings is 1. The summed E-state index contributed by atoms with van der Waals surface area (Å²) >= 11 is 0. The monoisotopic (exact) mass is 360 g/mol. The van der Waals surface area contributed by atoms with Crippen molar-refractivity contribution in [1.82, 2.24) is 4.90 Å². The maximum Gasteiger partial charge on any atom is 0.317 e. The van der Waals surface area contributed by atoms with Gasteiger partial charge in [-0.25, -0.2) is 0 Å². The Kier molecular flexibility index (Phi) is 5.24. The van der Waals surface area contributed by atoms with Gasteiger partial charge in [-0.2, -0.15) is 0 Å². The molecule has 0 spiro atoms. The van der Waals surface area contributed by atoms with Gasteiger partial charge < -0.3 is 20.8 Å². The molecule has 0 saturated carbocycles. The van der Waals surface area contributed by atoms with Crippen LogP contribution in [-0.2, 0) is 9.63 Å². The van der Waals surface area contributed by atoms with E-state index >= 15 is 0 Å². The molecule has 8 nitrogen and oxygen atoms in total. The molecule has 2 heterocycles. The highest BCUT2D eigenvalue weighted by Crippen LogP contribution is 2.31. The average molecular weight is 360 g/mol. The number of aliphatic carboxylic acids is 1. The largest absolute Gasteiger partial charge is 0.480 e. The van der Waals surface area contributed by atoms with Crippen molar-refractivity contribution in [2.45, 2.75) is 37.4 Å². The van der Waals surface area contributed by atoms with Gasteiger partial charge in [0.15, 0.2) is 0 Å². The van der Waals surface area contributed by atoms with E-state index in [0.717, 1.165) is 11.3 Å². The normalized spacial score (nSPS) is 22.5. The van der Waals surface area contributed by atoms with Crippen molar-refractivity contribution in [1.29, 1.82) is 5.41 Å². The SMILES string of the molecule is N=C(N)c1ccc(C2=NOC(CC3(O)CCN(CC(=O)O)CC3)C2)cc1. The number of hydrogen-bond donors (Lipinski definition) is 4. The molecule has 2 aliphatic rings. The van der Waals surface area contributed by atoms with Gasteiger partial charge in [-0.05, 0) is 18.4 Å². The molecule has 0 bridgehead atoms. The number of nitrogens with one attached hydrogen (secondary N) is 1. The van der Waals surface area contributed by atoms with Crippen molar-refractivity contribution in [3.8, 4) is 0 Å². The average Bonchev–Trinajstić information content (AvgIpc) is 3.05. The second-order valence-electron chi connectivity index (χ2n) is 7.06. The van der Waals surface area contributed by atoms with E-state index in [-0.39, 0.29) is 18.5 Å². The number of aliphatic hydroxyl groups is 1. The van der Waals surface area contributed by atoms with Crippen molar-refractivity contribution in [2.75, 3.05) is 19.6 Å². The van der Waals surface area contributed by atoms with Crippen LogP contribution in [0.1, 0.15) is 36.8 Å². The summed E-state index contributed by atoms with van der Waals surface area (Å²) in [5, 5.41) is 31.2. The van der Waals surface area contributed by atoms with Crippen LogP contribution in [-0.4, -0.2) is 64.0 Å². The minimum absolute atomic E-state index is 0.0134. The molecule has 0 radical (unpaired) electrons. The fourth-order valence-corrected chi connectivity index (χ4v) is 3.50. The summed E-state index contributed by atoms with van der Waals surface area (Å²) in [6.07, 6.45) is 1.96. The van der Waals surface area contributed by atoms with Crippen LogP contribution in [0.4, 0.5) is 0 Å². The topological polar surface area (TPSA) is 132 Å². The van der Waals surface area contributed by atoms with Crippen LogP contribution in [0.2, 0.25) is 0 Å². The molecule has 26 heavy (non-hydrogen) atoms. The van der Waals surface area contributed by atoms with Crippen LogP contribution in [0.5, 0.6) is 0 Å². The molecule has 5 N–H and O–H groups in total. The van der Waals surface area contributed by atoms with Crippen LogP contribution in [0.3, 0.4) is 0 Å². The molecule has 3 rings (SSSR count). The molecule has 1 aromatic rings. The molecule has 2 aliphatic heterocycles. The Morgan fingerprint density at radius 3 is 2.58 bits per heavy atom. The third kappa shape index (κ3) is 4.39. The molecule has 0 amide bonds. The number of nitrogens with zero attached hydrogens (tertiary/aromatic N) is 2. The molecule has 1 atom stereocenters. The van der Waals surface area contributed by atoms with Crippen LogP contribution in [0, 0.1) is 5.41 Å². The lowest BCUT2D eigenvalue weighted by atomic mass is 9.84. The smallest absolute Gasteiger partial charge is 0.317 e. The number of rotatable bonds is 6. The summed E-state index contributed by atoms with van der Waals surface area (Å²) in [5.41, 5.74) is 7.01. The highest BCUT2D eigenvalue weighted by atomic mass is 16.6. The van der Waals surface area contributed by atoms with Gasteiger partial charge in [-0.3, -0.25) is 15.1 Å². The minimum Gasteiger partial charge on any atom is -0.480 e. The lowest BCUT2D eigenvalue weighted by Crippen LogP contribution is -2.47. The predicted octanol–water partition coefficient (Wildman–Crippen LogP) is 0.765. The van der Waals surface area contributed by atoms with Crippen molar-refractivity contribution < 1.29 is 19.8 Å². The van der Waals surface area contributed by atoms with Crippen molar-refractivity contribution in [3.63, 3.8) is 0 Å². The number of hydrogen-bond acceptors (Lipinski definition) is 6. The first-order chi connectivity index (χ1) is 12.3. The quantitative estimate of drug-likeness (QED) is 0.437. The molecule has 1 fully saturated rings. The lowest BCUT2D eigenvalue weighted by molar-refractivity contribution is -0.140. The van der Waals surface area contributed by atoms with Gasteiger partial charge in [0, 0.05) is 31.5 Å². The van der Waals surface area contributed by atoms with Crippen LogP contribution < -0.4 is 5.73 Å². The van der Waals surface area contributed by atoms with E-state index in [1.165, 1.54) is 0 Å². The highest BCUT2D eigenvalue weighted by molar-refractivity contribution is 6.02. The number of nitrogens with two attached hydrogens (primary N) is 1. The zero-order chi connectivity index (χ0) is 18.7. The predicted molar refractivity (Wildman–Crippen MR) is 96.4 cm³/mol. The molecule has 8 heteroatoms. The molecular weight excluding hydrogens is 336 g/mol. The highest BCUT2D eigenvalue weighted by Gasteiger charge is 2.37. The first kappa shape index (κ1) is 18.3. The first-order valence-corrected chi connectivity index (χ1v) is 8.69. The summed E-state index contributed by atoms with van der Waals surface area (Å²) in [5.74, 6) is -0.820. The summed E-state index contributed by atoms with van der Waals surface area (Å²) in [6.45, 7) is 1.14. The molecule has 1 saturated heterocycles. The second kappa shape index (κ2) is 7.43. The van der Waals surface area contributed by atoms with Gasteiger partial charge >= 0.3 is 5.97 Å². The molecule has 140 valence electrons. The molecule has 0 aromatic heterocycles. The van der Waals surface area contributed by atoms with Gasteiger partial charge in [0.05, 0.1) is 17.9 Å². The number of amidine groups is 1.